The van der Waals surface area contributed by atoms with Crippen molar-refractivity contribution in [2.45, 2.75) is 37.4 Å². The lowest BCUT2D eigenvalue weighted by Gasteiger charge is -2.21. The number of benzene rings is 3. The molecule has 1 N–H and O–H groups in total. The topological polar surface area (TPSA) is 56.9 Å². The van der Waals surface area contributed by atoms with Crippen molar-refractivity contribution in [2.24, 2.45) is 5.41 Å². The van der Waals surface area contributed by atoms with Crippen molar-refractivity contribution in [2.75, 3.05) is 5.75 Å². The first-order valence-corrected chi connectivity index (χ1v) is 14.1. The Morgan fingerprint density at radius 3 is 2.68 bits per heavy atom. The van der Waals surface area contributed by atoms with Crippen molar-refractivity contribution < 1.29 is 5.11 Å². The minimum absolute atomic E-state index is 0.189. The molecule has 1 fully saturated rings. The predicted molar refractivity (Wildman–Crippen MR) is 156 cm³/mol. The number of thioether (sulfide) groups is 1. The summed E-state index contributed by atoms with van der Waals surface area (Å²) in [5.41, 5.74) is 5.33. The normalized spacial score (nSPS) is 15.0. The Kier molecular flexibility index (Phi) is 7.84. The number of aromatic nitrogens is 1. The summed E-state index contributed by atoms with van der Waals surface area (Å²) in [5, 5.41) is 21.6. The molecule has 0 radical (unpaired) electrons. The molecule has 4 aromatic rings. The fourth-order valence-electron chi connectivity index (χ4n) is 4.59. The highest BCUT2D eigenvalue weighted by atomic mass is 35.5. The fraction of sp³-hybridized carbons (Fsp3) is 0.250. The van der Waals surface area contributed by atoms with E-state index in [0.29, 0.717) is 17.2 Å². The highest BCUT2D eigenvalue weighted by Crippen LogP contribution is 2.53. The van der Waals surface area contributed by atoms with Crippen LogP contribution in [-0.2, 0) is 6.42 Å². The Balaban J connectivity index is 1.35. The third kappa shape index (κ3) is 6.55. The number of phenolic OH excluding ortho intramolecular Hbond substituents is 1. The fourth-order valence-corrected chi connectivity index (χ4v) is 6.33. The molecule has 1 heterocycles. The van der Waals surface area contributed by atoms with Crippen LogP contribution in [0.15, 0.2) is 78.9 Å². The maximum atomic E-state index is 10.3. The number of halogens is 1. The maximum Gasteiger partial charge on any atom is 0.118 e. The molecule has 0 aliphatic heterocycles. The lowest BCUT2D eigenvalue weighted by atomic mass is 10.0. The van der Waals surface area contributed by atoms with E-state index < -0.39 is 0 Å². The summed E-state index contributed by atoms with van der Waals surface area (Å²) in [6.07, 6.45) is 8.79. The van der Waals surface area contributed by atoms with Crippen LogP contribution in [0, 0.1) is 16.7 Å². The molecule has 0 unspecified atom stereocenters. The number of fused-ring (bicyclic) bond motifs is 1. The lowest BCUT2D eigenvalue weighted by Crippen LogP contribution is -2.06. The van der Waals surface area contributed by atoms with Crippen molar-refractivity contribution in [3.05, 3.63) is 106 Å². The number of hydrogen-bond donors (Lipinski definition) is 1. The largest absolute Gasteiger partial charge is 0.508 e. The summed E-state index contributed by atoms with van der Waals surface area (Å²) in [6.45, 7) is 0. The van der Waals surface area contributed by atoms with Crippen LogP contribution < -0.4 is 0 Å². The van der Waals surface area contributed by atoms with Crippen LogP contribution in [0.3, 0.4) is 0 Å². The second-order valence-corrected chi connectivity index (χ2v) is 11.5. The molecule has 0 bridgehead atoms. The highest BCUT2D eigenvalue weighted by molar-refractivity contribution is 7.99. The van der Waals surface area contributed by atoms with Crippen molar-refractivity contribution in [1.29, 1.82) is 5.26 Å². The molecule has 1 saturated carbocycles. The molecule has 0 spiro atoms. The van der Waals surface area contributed by atoms with Crippen LogP contribution in [0.25, 0.3) is 23.1 Å². The van der Waals surface area contributed by atoms with Crippen LogP contribution in [0.4, 0.5) is 0 Å². The zero-order valence-corrected chi connectivity index (χ0v) is 22.2. The number of aryl methyl sites for hydroxylation is 1. The Morgan fingerprint density at radius 1 is 1.03 bits per heavy atom. The van der Waals surface area contributed by atoms with E-state index in [0.717, 1.165) is 59.2 Å². The molecule has 3 aromatic carbocycles. The van der Waals surface area contributed by atoms with Gasteiger partial charge in [0.15, 0.2) is 0 Å². The first-order chi connectivity index (χ1) is 18.0. The molecule has 5 rings (SSSR count). The standard InChI is InChI=1S/C32H29ClN2OS/c33-27-12-9-24-10-14-28(35-29(24)21-27)13-8-23-4-3-6-26(20-23)31(37-22-32(16-17-32)18-19-34)15-11-25-5-1-2-7-30(25)36/h1-10,12-14,20-21,31,36H,11,15-18,22H2/b13-8+/t31-/m0/s1. The van der Waals surface area contributed by atoms with Gasteiger partial charge < -0.3 is 5.11 Å². The van der Waals surface area contributed by atoms with E-state index in [-0.39, 0.29) is 10.7 Å². The molecule has 0 amide bonds. The SMILES string of the molecule is N#CCC1(CS[C@@H](CCc2ccccc2O)c2cccc(/C=C/c3ccc4ccc(Cl)cc4n3)c2)CC1. The average molecular weight is 525 g/mol. The number of phenols is 1. The van der Waals surface area contributed by atoms with E-state index in [1.165, 1.54) is 5.56 Å². The molecule has 186 valence electrons. The van der Waals surface area contributed by atoms with Gasteiger partial charge in [0.05, 0.1) is 17.3 Å². The van der Waals surface area contributed by atoms with E-state index in [4.69, 9.17) is 16.6 Å². The third-order valence-corrected chi connectivity index (χ3v) is 9.00. The van der Waals surface area contributed by atoms with Crippen LogP contribution in [0.2, 0.25) is 5.02 Å². The molecule has 1 aliphatic rings. The van der Waals surface area contributed by atoms with Gasteiger partial charge >= 0.3 is 0 Å². The van der Waals surface area contributed by atoms with Crippen molar-refractivity contribution in [3.63, 3.8) is 0 Å². The van der Waals surface area contributed by atoms with Crippen LogP contribution in [0.1, 0.15) is 53.3 Å². The van der Waals surface area contributed by atoms with Gasteiger partial charge in [-0.05, 0) is 78.1 Å². The second kappa shape index (κ2) is 11.4. The Morgan fingerprint density at radius 2 is 1.86 bits per heavy atom. The summed E-state index contributed by atoms with van der Waals surface area (Å²) < 4.78 is 0. The Bertz CT molecular complexity index is 1470. The highest BCUT2D eigenvalue weighted by Gasteiger charge is 2.42. The van der Waals surface area contributed by atoms with Crippen LogP contribution >= 0.6 is 23.4 Å². The van der Waals surface area contributed by atoms with E-state index in [9.17, 15) is 10.4 Å². The van der Waals surface area contributed by atoms with Gasteiger partial charge in [-0.2, -0.15) is 17.0 Å². The zero-order valence-electron chi connectivity index (χ0n) is 20.6. The molecule has 3 nitrogen and oxygen atoms in total. The van der Waals surface area contributed by atoms with Gasteiger partial charge in [-0.15, -0.1) is 0 Å². The van der Waals surface area contributed by atoms with Gasteiger partial charge in [0, 0.05) is 27.8 Å². The van der Waals surface area contributed by atoms with Gasteiger partial charge in [0.25, 0.3) is 0 Å². The lowest BCUT2D eigenvalue weighted by molar-refractivity contribution is 0.467. The van der Waals surface area contributed by atoms with Crippen LogP contribution in [0.5, 0.6) is 5.75 Å². The van der Waals surface area contributed by atoms with Gasteiger partial charge in [-0.25, -0.2) is 4.98 Å². The number of pyridine rings is 1. The van der Waals surface area contributed by atoms with E-state index in [1.54, 1.807) is 6.07 Å². The summed E-state index contributed by atoms with van der Waals surface area (Å²) in [7, 11) is 0. The van der Waals surface area contributed by atoms with Gasteiger partial charge in [0.1, 0.15) is 5.75 Å². The number of para-hydroxylation sites is 1. The van der Waals surface area contributed by atoms with Crippen LogP contribution in [-0.4, -0.2) is 15.8 Å². The van der Waals surface area contributed by atoms with Crippen molar-refractivity contribution in [1.82, 2.24) is 4.98 Å². The molecule has 1 aromatic heterocycles. The Labute approximate surface area is 227 Å². The van der Waals surface area contributed by atoms with E-state index in [2.05, 4.69) is 42.5 Å². The molecule has 5 heteroatoms. The molecule has 37 heavy (non-hydrogen) atoms. The average Bonchev–Trinajstić information content (AvgIpc) is 3.68. The molecule has 1 atom stereocenters. The number of nitriles is 1. The number of aromatic hydroxyl groups is 1. The number of nitrogens with zero attached hydrogens (tertiary/aromatic N) is 2. The maximum absolute atomic E-state index is 10.3. The van der Waals surface area contributed by atoms with Gasteiger partial charge in [-0.1, -0.05) is 72.3 Å². The molecular formula is C32H29ClN2OS. The van der Waals surface area contributed by atoms with Gasteiger partial charge in [0.2, 0.25) is 0 Å². The summed E-state index contributed by atoms with van der Waals surface area (Å²) in [5.74, 6) is 1.35. The quantitative estimate of drug-likeness (QED) is 0.225. The zero-order chi connectivity index (χ0) is 25.7. The predicted octanol–water partition coefficient (Wildman–Crippen LogP) is 8.87. The first kappa shape index (κ1) is 25.4. The molecule has 1 aliphatic carbocycles. The summed E-state index contributed by atoms with van der Waals surface area (Å²) in [6, 6.07) is 28.5. The van der Waals surface area contributed by atoms with Gasteiger partial charge in [-0.3, -0.25) is 0 Å². The van der Waals surface area contributed by atoms with E-state index >= 15 is 0 Å². The molecule has 0 saturated heterocycles. The molecular weight excluding hydrogens is 496 g/mol. The third-order valence-electron chi connectivity index (χ3n) is 7.07. The second-order valence-electron chi connectivity index (χ2n) is 9.88. The minimum atomic E-state index is 0.189. The van der Waals surface area contributed by atoms with E-state index in [1.807, 2.05) is 60.3 Å². The number of rotatable bonds is 10. The van der Waals surface area contributed by atoms with Crippen molar-refractivity contribution >= 4 is 46.4 Å². The Hall–Kier alpha value is -3.26. The summed E-state index contributed by atoms with van der Waals surface area (Å²) >= 11 is 8.10. The first-order valence-electron chi connectivity index (χ1n) is 12.6. The van der Waals surface area contributed by atoms with Crippen molar-refractivity contribution in [3.8, 4) is 11.8 Å². The summed E-state index contributed by atoms with van der Waals surface area (Å²) in [4.78, 5) is 4.74. The minimum Gasteiger partial charge on any atom is -0.508 e. The smallest absolute Gasteiger partial charge is 0.118 e. The monoisotopic (exact) mass is 524 g/mol. The number of hydrogen-bond acceptors (Lipinski definition) is 4.